The van der Waals surface area contributed by atoms with E-state index in [1.54, 1.807) is 6.92 Å². The second kappa shape index (κ2) is 7.13. The number of nitrogens with one attached hydrogen (secondary N) is 2. The molecule has 1 aromatic heterocycles. The second-order valence-electron chi connectivity index (χ2n) is 5.53. The summed E-state index contributed by atoms with van der Waals surface area (Å²) >= 11 is 0. The minimum atomic E-state index is -4.90. The summed E-state index contributed by atoms with van der Waals surface area (Å²) in [7, 11) is -4.90. The SMILES string of the molecule is Cc1cc(CC(C)Nc2ccc(S(=O)(=O)C(F)F)cc2[N+](=O)[O-])n[nH]1. The molecule has 0 amide bonds. The van der Waals surface area contributed by atoms with Crippen molar-refractivity contribution in [3.63, 3.8) is 0 Å². The first-order valence-corrected chi connectivity index (χ1v) is 8.74. The molecule has 0 aliphatic rings. The highest BCUT2D eigenvalue weighted by molar-refractivity contribution is 7.91. The fraction of sp³-hybridized carbons (Fsp3) is 0.357. The van der Waals surface area contributed by atoms with Gasteiger partial charge in [0.15, 0.2) is 0 Å². The molecule has 1 atom stereocenters. The topological polar surface area (TPSA) is 118 Å². The van der Waals surface area contributed by atoms with E-state index in [1.165, 1.54) is 0 Å². The summed E-state index contributed by atoms with van der Waals surface area (Å²) < 4.78 is 48.2. The number of hydrogen-bond acceptors (Lipinski definition) is 6. The van der Waals surface area contributed by atoms with E-state index in [1.807, 2.05) is 13.0 Å². The molecule has 1 aromatic carbocycles. The van der Waals surface area contributed by atoms with Crippen molar-refractivity contribution in [1.29, 1.82) is 0 Å². The Balaban J connectivity index is 2.27. The zero-order valence-electron chi connectivity index (χ0n) is 13.4. The molecule has 1 unspecified atom stereocenters. The number of sulfone groups is 1. The number of aromatic amines is 1. The molecule has 0 bridgehead atoms. The number of nitrogens with zero attached hydrogens (tertiary/aromatic N) is 2. The Morgan fingerprint density at radius 1 is 1.36 bits per heavy atom. The lowest BCUT2D eigenvalue weighted by Crippen LogP contribution is -2.19. The number of benzene rings is 1. The average Bonchev–Trinajstić information content (AvgIpc) is 2.91. The number of alkyl halides is 2. The maximum absolute atomic E-state index is 12.6. The highest BCUT2D eigenvalue weighted by Gasteiger charge is 2.29. The first-order chi connectivity index (χ1) is 11.6. The molecule has 0 radical (unpaired) electrons. The van der Waals surface area contributed by atoms with Gasteiger partial charge in [-0.25, -0.2) is 8.42 Å². The molecule has 0 spiro atoms. The predicted octanol–water partition coefficient (Wildman–Crippen LogP) is 2.67. The van der Waals surface area contributed by atoms with Gasteiger partial charge in [-0.05, 0) is 32.0 Å². The highest BCUT2D eigenvalue weighted by Crippen LogP contribution is 2.30. The molecule has 11 heteroatoms. The lowest BCUT2D eigenvalue weighted by Gasteiger charge is -2.15. The zero-order valence-corrected chi connectivity index (χ0v) is 14.2. The van der Waals surface area contributed by atoms with Gasteiger partial charge in [0.1, 0.15) is 5.69 Å². The van der Waals surface area contributed by atoms with E-state index in [0.29, 0.717) is 12.5 Å². The van der Waals surface area contributed by atoms with Gasteiger partial charge in [-0.2, -0.15) is 13.9 Å². The number of nitro benzene ring substituents is 1. The van der Waals surface area contributed by atoms with Gasteiger partial charge in [0.2, 0.25) is 9.84 Å². The van der Waals surface area contributed by atoms with Gasteiger partial charge in [0, 0.05) is 24.2 Å². The van der Waals surface area contributed by atoms with Crippen LogP contribution in [-0.2, 0) is 16.3 Å². The fourth-order valence-corrected chi connectivity index (χ4v) is 3.01. The molecule has 136 valence electrons. The molecule has 1 heterocycles. The molecule has 2 aromatic rings. The molecule has 0 saturated heterocycles. The van der Waals surface area contributed by atoms with E-state index in [0.717, 1.165) is 23.5 Å². The molecule has 2 rings (SSSR count). The van der Waals surface area contributed by atoms with Crippen molar-refractivity contribution in [2.75, 3.05) is 5.32 Å². The van der Waals surface area contributed by atoms with Crippen LogP contribution in [0.4, 0.5) is 20.2 Å². The summed E-state index contributed by atoms with van der Waals surface area (Å²) in [6.07, 6.45) is 0.457. The Labute approximate surface area is 142 Å². The fourth-order valence-electron chi connectivity index (χ4n) is 2.27. The van der Waals surface area contributed by atoms with Crippen molar-refractivity contribution < 1.29 is 22.1 Å². The Morgan fingerprint density at radius 2 is 2.04 bits per heavy atom. The van der Waals surface area contributed by atoms with Crippen molar-refractivity contribution in [2.24, 2.45) is 0 Å². The van der Waals surface area contributed by atoms with E-state index in [2.05, 4.69) is 15.5 Å². The molecule has 0 fully saturated rings. The maximum atomic E-state index is 12.6. The molecule has 0 aliphatic heterocycles. The Hall–Kier alpha value is -2.56. The quantitative estimate of drug-likeness (QED) is 0.568. The van der Waals surface area contributed by atoms with Gasteiger partial charge in [0.25, 0.3) is 5.69 Å². The molecular formula is C14H16F2N4O4S. The molecule has 8 nitrogen and oxygen atoms in total. The average molecular weight is 374 g/mol. The minimum absolute atomic E-state index is 0.0398. The number of halogens is 2. The first kappa shape index (κ1) is 18.8. The lowest BCUT2D eigenvalue weighted by molar-refractivity contribution is -0.384. The van der Waals surface area contributed by atoms with Crippen LogP contribution in [0.25, 0.3) is 0 Å². The van der Waals surface area contributed by atoms with Crippen LogP contribution in [-0.4, -0.2) is 35.3 Å². The number of rotatable bonds is 7. The van der Waals surface area contributed by atoms with Crippen molar-refractivity contribution in [3.8, 4) is 0 Å². The number of hydrogen-bond donors (Lipinski definition) is 2. The van der Waals surface area contributed by atoms with Gasteiger partial charge < -0.3 is 5.32 Å². The smallest absolute Gasteiger partial charge is 0.341 e. The number of aryl methyl sites for hydroxylation is 1. The van der Waals surface area contributed by atoms with E-state index >= 15 is 0 Å². The van der Waals surface area contributed by atoms with Gasteiger partial charge in [-0.3, -0.25) is 15.2 Å². The Kier molecular flexibility index (Phi) is 5.36. The zero-order chi connectivity index (χ0) is 18.8. The van der Waals surface area contributed by atoms with Crippen LogP contribution in [0, 0.1) is 17.0 Å². The third kappa shape index (κ3) is 4.29. The first-order valence-electron chi connectivity index (χ1n) is 7.19. The van der Waals surface area contributed by atoms with Gasteiger partial charge >= 0.3 is 5.76 Å². The van der Waals surface area contributed by atoms with E-state index < -0.39 is 31.1 Å². The summed E-state index contributed by atoms with van der Waals surface area (Å²) in [5.74, 6) is -3.65. The van der Waals surface area contributed by atoms with Crippen molar-refractivity contribution in [1.82, 2.24) is 10.2 Å². The summed E-state index contributed by atoms with van der Waals surface area (Å²) in [5.41, 5.74) is 1.07. The van der Waals surface area contributed by atoms with Gasteiger partial charge in [-0.15, -0.1) is 0 Å². The van der Waals surface area contributed by atoms with E-state index in [4.69, 9.17) is 0 Å². The summed E-state index contributed by atoms with van der Waals surface area (Å²) in [6.45, 7) is 3.60. The number of nitro groups is 1. The predicted molar refractivity (Wildman–Crippen MR) is 86.4 cm³/mol. The number of aromatic nitrogens is 2. The third-order valence-electron chi connectivity index (χ3n) is 3.41. The lowest BCUT2D eigenvalue weighted by atomic mass is 10.1. The van der Waals surface area contributed by atoms with Crippen LogP contribution in [0.15, 0.2) is 29.2 Å². The minimum Gasteiger partial charge on any atom is -0.377 e. The summed E-state index contributed by atoms with van der Waals surface area (Å²) in [5, 5.41) is 20.9. The number of H-pyrrole nitrogens is 1. The largest absolute Gasteiger partial charge is 0.377 e. The molecule has 25 heavy (non-hydrogen) atoms. The van der Waals surface area contributed by atoms with Crippen molar-refractivity contribution in [3.05, 3.63) is 45.8 Å². The van der Waals surface area contributed by atoms with Crippen LogP contribution in [0.5, 0.6) is 0 Å². The standard InChI is InChI=1S/C14H16F2N4O4S/c1-8(5-10-6-9(2)18-19-10)17-12-4-3-11(7-13(12)20(21)22)25(23,24)14(15)16/h3-4,6-8,14,17H,5H2,1-2H3,(H,18,19). The maximum Gasteiger partial charge on any atom is 0.341 e. The monoisotopic (exact) mass is 374 g/mol. The van der Waals surface area contributed by atoms with E-state index in [9.17, 15) is 27.3 Å². The summed E-state index contributed by atoms with van der Waals surface area (Å²) in [4.78, 5) is 9.56. The molecule has 2 N–H and O–H groups in total. The Morgan fingerprint density at radius 3 is 2.56 bits per heavy atom. The van der Waals surface area contributed by atoms with E-state index in [-0.39, 0.29) is 11.7 Å². The van der Waals surface area contributed by atoms with Crippen LogP contribution < -0.4 is 5.32 Å². The Bertz CT molecular complexity index is 883. The molecule has 0 aliphatic carbocycles. The number of anilines is 1. The molecule has 0 saturated carbocycles. The van der Waals surface area contributed by atoms with Crippen molar-refractivity contribution in [2.45, 2.75) is 37.0 Å². The van der Waals surface area contributed by atoms with Gasteiger partial charge in [-0.1, -0.05) is 0 Å². The second-order valence-corrected chi connectivity index (χ2v) is 7.45. The van der Waals surface area contributed by atoms with Crippen LogP contribution in [0.2, 0.25) is 0 Å². The molecular weight excluding hydrogens is 358 g/mol. The van der Waals surface area contributed by atoms with Crippen LogP contribution in [0.1, 0.15) is 18.3 Å². The van der Waals surface area contributed by atoms with Crippen LogP contribution >= 0.6 is 0 Å². The van der Waals surface area contributed by atoms with Crippen molar-refractivity contribution >= 4 is 21.2 Å². The van der Waals surface area contributed by atoms with Gasteiger partial charge in [0.05, 0.1) is 15.5 Å². The third-order valence-corrected chi connectivity index (χ3v) is 4.79. The normalized spacial score (nSPS) is 13.0. The highest BCUT2D eigenvalue weighted by atomic mass is 32.2. The van der Waals surface area contributed by atoms with Crippen LogP contribution in [0.3, 0.4) is 0 Å². The summed E-state index contributed by atoms with van der Waals surface area (Å²) in [6, 6.07) is 4.22.